The van der Waals surface area contributed by atoms with Crippen LogP contribution in [0.3, 0.4) is 0 Å². The average molecular weight is 418 g/mol. The van der Waals surface area contributed by atoms with Crippen LogP contribution in [-0.2, 0) is 24.1 Å². The number of nitrogens with one attached hydrogen (secondary N) is 1. The molecule has 2 saturated heterocycles. The molecule has 0 bridgehead atoms. The molecule has 2 fully saturated rings. The summed E-state index contributed by atoms with van der Waals surface area (Å²) in [5, 5.41) is 0. The van der Waals surface area contributed by atoms with Crippen molar-refractivity contribution in [1.29, 1.82) is 0 Å². The summed E-state index contributed by atoms with van der Waals surface area (Å²) in [6, 6.07) is 3.97. The van der Waals surface area contributed by atoms with Crippen LogP contribution in [0, 0.1) is 6.92 Å². The fraction of sp³-hybridized carbons (Fsp3) is 0.450. The van der Waals surface area contributed by atoms with Gasteiger partial charge in [-0.25, -0.2) is 9.97 Å². The van der Waals surface area contributed by atoms with Crippen molar-refractivity contribution in [2.75, 3.05) is 6.54 Å². The first-order valence-corrected chi connectivity index (χ1v) is 9.87. The van der Waals surface area contributed by atoms with Gasteiger partial charge in [0.1, 0.15) is 17.2 Å². The van der Waals surface area contributed by atoms with Gasteiger partial charge in [-0.15, -0.1) is 0 Å². The number of amides is 1. The molecule has 5 heterocycles. The number of alkyl halides is 3. The summed E-state index contributed by atoms with van der Waals surface area (Å²) in [5.74, 6) is 0.322. The summed E-state index contributed by atoms with van der Waals surface area (Å²) in [6.45, 7) is 3.43. The maximum absolute atomic E-state index is 12.8. The number of halogens is 3. The van der Waals surface area contributed by atoms with Crippen molar-refractivity contribution in [1.82, 2.24) is 29.2 Å². The molecule has 10 heteroatoms. The predicted molar refractivity (Wildman–Crippen MR) is 101 cm³/mol. The summed E-state index contributed by atoms with van der Waals surface area (Å²) >= 11 is 0. The van der Waals surface area contributed by atoms with E-state index in [1.165, 1.54) is 0 Å². The number of hydrogen-bond acceptors (Lipinski definition) is 4. The van der Waals surface area contributed by atoms with Gasteiger partial charge in [-0.1, -0.05) is 6.07 Å². The number of likely N-dealkylation sites (tertiary alicyclic amines) is 2. The lowest BCUT2D eigenvalue weighted by Gasteiger charge is -2.24. The number of pyridine rings is 1. The molecule has 7 nitrogen and oxygen atoms in total. The number of carbonyl (C=O) groups is 1. The lowest BCUT2D eigenvalue weighted by molar-refractivity contribution is -0.141. The van der Waals surface area contributed by atoms with Crippen molar-refractivity contribution >= 4 is 11.6 Å². The minimum Gasteiger partial charge on any atom is -0.337 e. The Morgan fingerprint density at radius 3 is 2.80 bits per heavy atom. The highest BCUT2D eigenvalue weighted by molar-refractivity contribution is 5.80. The van der Waals surface area contributed by atoms with Crippen molar-refractivity contribution in [3.63, 3.8) is 0 Å². The zero-order chi connectivity index (χ0) is 21.0. The van der Waals surface area contributed by atoms with Crippen LogP contribution in [0.25, 0.3) is 5.65 Å². The standard InChI is InChI=1S/C20H21F3N6O/c1-12-2-3-18-25-13(9-28(18)8-12)10-29-14-4-5-27(15(14)6-19(29)30)11-17-24-7-16(26-17)20(21,22)23/h2-3,7-9,14-15H,4-6,10-11H2,1H3,(H,24,26)/t14-,15-/m0/s1. The second kappa shape index (κ2) is 6.83. The van der Waals surface area contributed by atoms with E-state index >= 15 is 0 Å². The molecule has 0 aromatic carbocycles. The summed E-state index contributed by atoms with van der Waals surface area (Å²) in [4.78, 5) is 27.4. The fourth-order valence-corrected chi connectivity index (χ4v) is 4.60. The molecule has 3 aromatic heterocycles. The highest BCUT2D eigenvalue weighted by Gasteiger charge is 2.47. The van der Waals surface area contributed by atoms with E-state index in [0.717, 1.165) is 29.5 Å². The van der Waals surface area contributed by atoms with Crippen LogP contribution in [-0.4, -0.2) is 53.7 Å². The van der Waals surface area contributed by atoms with Crippen molar-refractivity contribution in [3.8, 4) is 0 Å². The number of aromatic amines is 1. The first-order chi connectivity index (χ1) is 14.3. The Labute approximate surface area is 170 Å². The number of imidazole rings is 2. The molecule has 3 aromatic rings. The minimum absolute atomic E-state index is 0.0174. The first kappa shape index (κ1) is 19.1. The second-order valence-corrected chi connectivity index (χ2v) is 8.07. The number of carbonyl (C=O) groups excluding carboxylic acids is 1. The van der Waals surface area contributed by atoms with E-state index in [1.54, 1.807) is 0 Å². The van der Waals surface area contributed by atoms with Crippen LogP contribution in [0.15, 0.2) is 30.7 Å². The Morgan fingerprint density at radius 1 is 1.20 bits per heavy atom. The molecule has 0 unspecified atom stereocenters. The molecule has 30 heavy (non-hydrogen) atoms. The van der Waals surface area contributed by atoms with Gasteiger partial charge in [0, 0.05) is 37.4 Å². The first-order valence-electron chi connectivity index (χ1n) is 9.87. The van der Waals surface area contributed by atoms with E-state index < -0.39 is 11.9 Å². The summed E-state index contributed by atoms with van der Waals surface area (Å²) in [7, 11) is 0. The molecule has 2 aliphatic heterocycles. The molecular weight excluding hydrogens is 397 g/mol. The Balaban J connectivity index is 1.29. The van der Waals surface area contributed by atoms with Crippen molar-refractivity contribution < 1.29 is 18.0 Å². The van der Waals surface area contributed by atoms with Gasteiger partial charge in [0.2, 0.25) is 5.91 Å². The zero-order valence-corrected chi connectivity index (χ0v) is 16.4. The third kappa shape index (κ3) is 3.34. The number of nitrogens with zero attached hydrogens (tertiary/aromatic N) is 5. The van der Waals surface area contributed by atoms with Gasteiger partial charge in [0.25, 0.3) is 0 Å². The summed E-state index contributed by atoms with van der Waals surface area (Å²) in [5.41, 5.74) is 1.94. The van der Waals surface area contributed by atoms with Crippen molar-refractivity contribution in [3.05, 3.63) is 53.5 Å². The van der Waals surface area contributed by atoms with Gasteiger partial charge >= 0.3 is 6.18 Å². The number of fused-ring (bicyclic) bond motifs is 2. The topological polar surface area (TPSA) is 69.5 Å². The number of aromatic nitrogens is 4. The van der Waals surface area contributed by atoms with Gasteiger partial charge in [0.15, 0.2) is 0 Å². The quantitative estimate of drug-likeness (QED) is 0.708. The molecule has 5 rings (SSSR count). The number of aryl methyl sites for hydroxylation is 1. The number of hydrogen-bond donors (Lipinski definition) is 1. The molecule has 2 atom stereocenters. The van der Waals surface area contributed by atoms with Crippen LogP contribution >= 0.6 is 0 Å². The Kier molecular flexibility index (Phi) is 4.35. The number of H-pyrrole nitrogens is 1. The molecule has 2 aliphatic rings. The van der Waals surface area contributed by atoms with Crippen LogP contribution in [0.1, 0.15) is 35.6 Å². The third-order valence-electron chi connectivity index (χ3n) is 6.00. The predicted octanol–water partition coefficient (Wildman–Crippen LogP) is 2.76. The van der Waals surface area contributed by atoms with E-state index in [9.17, 15) is 18.0 Å². The van der Waals surface area contributed by atoms with E-state index in [0.29, 0.717) is 19.5 Å². The molecule has 0 aliphatic carbocycles. The smallest absolute Gasteiger partial charge is 0.337 e. The van der Waals surface area contributed by atoms with Gasteiger partial charge in [-0.2, -0.15) is 13.2 Å². The summed E-state index contributed by atoms with van der Waals surface area (Å²) < 4.78 is 40.3. The molecule has 158 valence electrons. The SMILES string of the molecule is Cc1ccc2nc(CN3C(=O)C[C@H]4[C@@H]3CCN4Cc3ncc(C(F)(F)F)[nH]3)cn2c1. The second-order valence-electron chi connectivity index (χ2n) is 8.07. The maximum Gasteiger partial charge on any atom is 0.432 e. The van der Waals surface area contributed by atoms with E-state index in [-0.39, 0.29) is 30.4 Å². The lowest BCUT2D eigenvalue weighted by atomic mass is 10.1. The average Bonchev–Trinajstić information content (AvgIpc) is 3.42. The zero-order valence-electron chi connectivity index (χ0n) is 16.4. The molecule has 0 saturated carbocycles. The van der Waals surface area contributed by atoms with Gasteiger partial charge in [-0.3, -0.25) is 9.69 Å². The molecule has 1 amide bonds. The largest absolute Gasteiger partial charge is 0.432 e. The van der Waals surface area contributed by atoms with E-state index in [2.05, 4.69) is 19.9 Å². The van der Waals surface area contributed by atoms with Crippen molar-refractivity contribution in [2.45, 2.75) is 51.1 Å². The Morgan fingerprint density at radius 2 is 2.03 bits per heavy atom. The summed E-state index contributed by atoms with van der Waals surface area (Å²) in [6.07, 6.45) is 1.47. The van der Waals surface area contributed by atoms with Gasteiger partial charge < -0.3 is 14.3 Å². The molecule has 0 spiro atoms. The van der Waals surface area contributed by atoms with Crippen LogP contribution in [0.5, 0.6) is 0 Å². The van der Waals surface area contributed by atoms with Crippen LogP contribution in [0.4, 0.5) is 13.2 Å². The van der Waals surface area contributed by atoms with Gasteiger partial charge in [0.05, 0.1) is 25.0 Å². The fourth-order valence-electron chi connectivity index (χ4n) is 4.60. The molecule has 0 radical (unpaired) electrons. The monoisotopic (exact) mass is 418 g/mol. The molecular formula is C20H21F3N6O. The third-order valence-corrected chi connectivity index (χ3v) is 6.00. The lowest BCUT2D eigenvalue weighted by Crippen LogP contribution is -2.37. The number of rotatable bonds is 4. The van der Waals surface area contributed by atoms with Crippen molar-refractivity contribution in [2.24, 2.45) is 0 Å². The van der Waals surface area contributed by atoms with E-state index in [1.807, 2.05) is 40.8 Å². The Hall–Kier alpha value is -2.88. The minimum atomic E-state index is -4.44. The normalized spacial score (nSPS) is 22.4. The van der Waals surface area contributed by atoms with Gasteiger partial charge in [-0.05, 0) is 25.0 Å². The highest BCUT2D eigenvalue weighted by atomic mass is 19.4. The van der Waals surface area contributed by atoms with E-state index in [4.69, 9.17) is 0 Å². The van der Waals surface area contributed by atoms with Crippen LogP contribution in [0.2, 0.25) is 0 Å². The maximum atomic E-state index is 12.8. The highest BCUT2D eigenvalue weighted by Crippen LogP contribution is 2.34. The van der Waals surface area contributed by atoms with Crippen LogP contribution < -0.4 is 0 Å². The molecule has 1 N–H and O–H groups in total. The Bertz CT molecular complexity index is 1100.